The molecule has 0 aliphatic heterocycles. The summed E-state index contributed by atoms with van der Waals surface area (Å²) >= 11 is 5.53. The minimum Gasteiger partial charge on any atom is -0.480 e. The summed E-state index contributed by atoms with van der Waals surface area (Å²) in [5.74, 6) is -3.54. The van der Waals surface area contributed by atoms with Crippen molar-refractivity contribution in [3.05, 3.63) is 0 Å². The molecule has 0 aliphatic rings. The first kappa shape index (κ1) is 30.0. The molecule has 0 radical (unpaired) electrons. The average Bonchev–Trinajstić information content (AvgIpc) is 2.75. The molecule has 8 N–H and O–H groups in total. The van der Waals surface area contributed by atoms with E-state index in [-0.39, 0.29) is 30.9 Å². The molecule has 0 aliphatic carbocycles. The zero-order valence-corrected chi connectivity index (χ0v) is 20.3. The van der Waals surface area contributed by atoms with Gasteiger partial charge < -0.3 is 32.5 Å². The minimum atomic E-state index is -1.17. The molecule has 5 atom stereocenters. The highest BCUT2D eigenvalue weighted by Crippen LogP contribution is 2.10. The highest BCUT2D eigenvalue weighted by Gasteiger charge is 2.32. The Balaban J connectivity index is 5.23. The molecular formula is C19H35N5O6S2. The van der Waals surface area contributed by atoms with E-state index >= 15 is 0 Å². The van der Waals surface area contributed by atoms with E-state index < -0.39 is 53.8 Å². The van der Waals surface area contributed by atoms with Crippen molar-refractivity contribution < 1.29 is 29.1 Å². The number of rotatable bonds is 16. The molecule has 11 nitrogen and oxygen atoms in total. The van der Waals surface area contributed by atoms with Gasteiger partial charge in [-0.2, -0.15) is 24.4 Å². The van der Waals surface area contributed by atoms with Crippen molar-refractivity contribution in [2.45, 2.75) is 63.7 Å². The Hall–Kier alpha value is -1.99. The predicted octanol–water partition coefficient (Wildman–Crippen LogP) is -1.15. The summed E-state index contributed by atoms with van der Waals surface area (Å²) in [5, 5.41) is 16.8. The third-order valence-corrected chi connectivity index (χ3v) is 5.88. The number of hydrogen-bond donors (Lipinski definition) is 7. The topological polar surface area (TPSA) is 194 Å². The van der Waals surface area contributed by atoms with Crippen LogP contribution in [-0.2, 0) is 24.0 Å². The number of carbonyl (C=O) groups is 5. The standard InChI is InChI=1S/C19H35N5O6S2/c1-4-10(2)15(24-16(26)11(20)5-6-14(21)25)18(28)23-13(9-31)17(27)22-12(19(29)30)7-8-32-3/h10-13,15,31H,4-9,20H2,1-3H3,(H2,21,25)(H,22,27)(H,23,28)(H,24,26)(H,29,30). The quantitative estimate of drug-likeness (QED) is 0.131. The number of amides is 4. The molecule has 0 fully saturated rings. The molecular weight excluding hydrogens is 458 g/mol. The van der Waals surface area contributed by atoms with Crippen molar-refractivity contribution in [3.63, 3.8) is 0 Å². The van der Waals surface area contributed by atoms with Crippen LogP contribution in [0.2, 0.25) is 0 Å². The Morgan fingerprint density at radius 3 is 2.06 bits per heavy atom. The second-order valence-electron chi connectivity index (χ2n) is 7.41. The van der Waals surface area contributed by atoms with Crippen LogP contribution >= 0.6 is 24.4 Å². The molecule has 32 heavy (non-hydrogen) atoms. The van der Waals surface area contributed by atoms with Crippen molar-refractivity contribution in [1.29, 1.82) is 0 Å². The van der Waals surface area contributed by atoms with Gasteiger partial charge in [0.25, 0.3) is 0 Å². The molecule has 4 amide bonds. The van der Waals surface area contributed by atoms with Gasteiger partial charge in [-0.25, -0.2) is 4.79 Å². The summed E-state index contributed by atoms with van der Waals surface area (Å²) in [6, 6.07) is -4.22. The van der Waals surface area contributed by atoms with E-state index in [0.717, 1.165) is 0 Å². The molecule has 0 saturated carbocycles. The Morgan fingerprint density at radius 1 is 1.00 bits per heavy atom. The summed E-state index contributed by atoms with van der Waals surface area (Å²) in [7, 11) is 0. The maximum absolute atomic E-state index is 12.9. The van der Waals surface area contributed by atoms with Crippen LogP contribution in [0.25, 0.3) is 0 Å². The Labute approximate surface area is 198 Å². The summed E-state index contributed by atoms with van der Waals surface area (Å²) in [6.45, 7) is 3.58. The van der Waals surface area contributed by atoms with Crippen molar-refractivity contribution >= 4 is 54.0 Å². The van der Waals surface area contributed by atoms with Crippen molar-refractivity contribution in [1.82, 2.24) is 16.0 Å². The summed E-state index contributed by atoms with van der Waals surface area (Å²) < 4.78 is 0. The van der Waals surface area contributed by atoms with Gasteiger partial charge in [-0.3, -0.25) is 19.2 Å². The fourth-order valence-corrected chi connectivity index (χ4v) is 3.34. The third-order valence-electron chi connectivity index (χ3n) is 4.87. The van der Waals surface area contributed by atoms with E-state index in [1.165, 1.54) is 11.8 Å². The molecule has 0 bridgehead atoms. The minimum absolute atomic E-state index is 0.0320. The van der Waals surface area contributed by atoms with Crippen LogP contribution in [0.3, 0.4) is 0 Å². The number of thioether (sulfide) groups is 1. The fraction of sp³-hybridized carbons (Fsp3) is 0.737. The van der Waals surface area contributed by atoms with E-state index in [1.807, 2.05) is 13.2 Å². The number of hydrogen-bond acceptors (Lipinski definition) is 8. The third kappa shape index (κ3) is 11.0. The zero-order valence-electron chi connectivity index (χ0n) is 18.6. The molecule has 184 valence electrons. The average molecular weight is 494 g/mol. The SMILES string of the molecule is CCC(C)C(NC(=O)C(N)CCC(N)=O)C(=O)NC(CS)C(=O)NC(CCSC)C(=O)O. The second-order valence-corrected chi connectivity index (χ2v) is 8.76. The Bertz CT molecular complexity index is 666. The van der Waals surface area contributed by atoms with Gasteiger partial charge >= 0.3 is 5.97 Å². The number of carbonyl (C=O) groups excluding carboxylic acids is 4. The molecule has 13 heteroatoms. The van der Waals surface area contributed by atoms with Gasteiger partial charge in [-0.05, 0) is 30.8 Å². The van der Waals surface area contributed by atoms with E-state index in [9.17, 15) is 29.1 Å². The van der Waals surface area contributed by atoms with Gasteiger partial charge in [0.15, 0.2) is 0 Å². The van der Waals surface area contributed by atoms with Gasteiger partial charge in [0.05, 0.1) is 6.04 Å². The monoisotopic (exact) mass is 493 g/mol. The second kappa shape index (κ2) is 15.8. The fourth-order valence-electron chi connectivity index (χ4n) is 2.61. The van der Waals surface area contributed by atoms with Crippen LogP contribution in [0.15, 0.2) is 0 Å². The van der Waals surface area contributed by atoms with E-state index in [4.69, 9.17) is 11.5 Å². The zero-order chi connectivity index (χ0) is 24.8. The summed E-state index contributed by atoms with van der Waals surface area (Å²) in [6.07, 6.45) is 2.55. The highest BCUT2D eigenvalue weighted by molar-refractivity contribution is 7.98. The first-order chi connectivity index (χ1) is 15.0. The van der Waals surface area contributed by atoms with Gasteiger partial charge in [-0.15, -0.1) is 0 Å². The smallest absolute Gasteiger partial charge is 0.326 e. The molecule has 0 aromatic carbocycles. The van der Waals surface area contributed by atoms with Crippen LogP contribution in [0.5, 0.6) is 0 Å². The van der Waals surface area contributed by atoms with Gasteiger partial charge in [-0.1, -0.05) is 20.3 Å². The molecule has 0 heterocycles. The van der Waals surface area contributed by atoms with Crippen LogP contribution in [0.1, 0.15) is 39.5 Å². The first-order valence-electron chi connectivity index (χ1n) is 10.3. The maximum Gasteiger partial charge on any atom is 0.326 e. The van der Waals surface area contributed by atoms with Crippen LogP contribution in [-0.4, -0.2) is 76.6 Å². The molecule has 0 spiro atoms. The lowest BCUT2D eigenvalue weighted by Crippen LogP contribution is -2.59. The Morgan fingerprint density at radius 2 is 1.59 bits per heavy atom. The van der Waals surface area contributed by atoms with Crippen LogP contribution in [0, 0.1) is 5.92 Å². The van der Waals surface area contributed by atoms with E-state index in [2.05, 4.69) is 28.6 Å². The lowest BCUT2D eigenvalue weighted by Gasteiger charge is -2.27. The molecule has 0 saturated heterocycles. The molecule has 0 aromatic rings. The van der Waals surface area contributed by atoms with Gasteiger partial charge in [0.2, 0.25) is 23.6 Å². The lowest BCUT2D eigenvalue weighted by atomic mass is 9.97. The normalized spacial score (nSPS) is 15.5. The predicted molar refractivity (Wildman–Crippen MR) is 126 cm³/mol. The first-order valence-corrected chi connectivity index (χ1v) is 12.3. The number of nitrogens with one attached hydrogen (secondary N) is 3. The lowest BCUT2D eigenvalue weighted by molar-refractivity contribution is -0.142. The number of nitrogens with two attached hydrogens (primary N) is 2. The molecule has 0 aromatic heterocycles. The van der Waals surface area contributed by atoms with Crippen molar-refractivity contribution in [2.24, 2.45) is 17.4 Å². The highest BCUT2D eigenvalue weighted by atomic mass is 32.2. The van der Waals surface area contributed by atoms with Gasteiger partial charge in [0, 0.05) is 12.2 Å². The molecule has 5 unspecified atom stereocenters. The van der Waals surface area contributed by atoms with E-state index in [1.54, 1.807) is 6.92 Å². The molecule has 0 rings (SSSR count). The number of aliphatic carboxylic acids is 1. The van der Waals surface area contributed by atoms with Crippen LogP contribution in [0.4, 0.5) is 0 Å². The maximum atomic E-state index is 12.9. The van der Waals surface area contributed by atoms with Crippen molar-refractivity contribution in [2.75, 3.05) is 17.8 Å². The largest absolute Gasteiger partial charge is 0.480 e. The van der Waals surface area contributed by atoms with E-state index in [0.29, 0.717) is 12.2 Å². The summed E-state index contributed by atoms with van der Waals surface area (Å²) in [5.41, 5.74) is 10.8. The van der Waals surface area contributed by atoms with Crippen molar-refractivity contribution in [3.8, 4) is 0 Å². The Kier molecular flexibility index (Phi) is 14.8. The number of primary amides is 1. The summed E-state index contributed by atoms with van der Waals surface area (Å²) in [4.78, 5) is 60.0. The van der Waals surface area contributed by atoms with Gasteiger partial charge in [0.1, 0.15) is 18.1 Å². The number of carboxylic acid groups (broad SMARTS) is 1. The number of carboxylic acids is 1. The van der Waals surface area contributed by atoms with Crippen LogP contribution < -0.4 is 27.4 Å². The number of thiol groups is 1.